The molecule has 4 N–H and O–H groups in total. The molecule has 2 rings (SSSR count). The fourth-order valence-electron chi connectivity index (χ4n) is 1.63. The Morgan fingerprint density at radius 3 is 2.61 bits per heavy atom. The number of oxime groups is 1. The van der Waals surface area contributed by atoms with Gasteiger partial charge in [0.1, 0.15) is 5.69 Å². The molecule has 1 aromatic heterocycles. The second kappa shape index (κ2) is 5.42. The molecule has 0 saturated carbocycles. The zero-order valence-corrected chi connectivity index (χ0v) is 10.5. The van der Waals surface area contributed by atoms with E-state index in [1.54, 1.807) is 17.7 Å². The standard InChI is InChI=1S/C11H12N4O2.ClH/c1-15-8-5-3-2-4-7(8)6-9(15)10(16)17-14-11(12)13;/h2-6H,1H3,(H4,12,13,14);1H. The van der Waals surface area contributed by atoms with E-state index in [1.165, 1.54) is 0 Å². The topological polar surface area (TPSA) is 95.6 Å². The molecular formula is C11H13ClN4O2. The fraction of sp³-hybridized carbons (Fsp3) is 0.0909. The monoisotopic (exact) mass is 268 g/mol. The van der Waals surface area contributed by atoms with Crippen LogP contribution in [0.1, 0.15) is 10.5 Å². The third-order valence-corrected chi connectivity index (χ3v) is 2.39. The summed E-state index contributed by atoms with van der Waals surface area (Å²) in [5.41, 5.74) is 11.5. The second-order valence-corrected chi connectivity index (χ2v) is 3.54. The lowest BCUT2D eigenvalue weighted by molar-refractivity contribution is 0.0504. The number of guanidine groups is 1. The Hall–Kier alpha value is -2.21. The number of benzene rings is 1. The molecule has 18 heavy (non-hydrogen) atoms. The van der Waals surface area contributed by atoms with Crippen molar-refractivity contribution in [3.05, 3.63) is 36.0 Å². The highest BCUT2D eigenvalue weighted by molar-refractivity contribution is 5.95. The minimum absolute atomic E-state index is 0. The Bertz CT molecular complexity index is 602. The molecule has 0 saturated heterocycles. The number of nitrogens with two attached hydrogens (primary N) is 2. The van der Waals surface area contributed by atoms with Gasteiger partial charge in [-0.3, -0.25) is 0 Å². The molecule has 0 spiro atoms. The highest BCUT2D eigenvalue weighted by Gasteiger charge is 2.14. The number of aromatic nitrogens is 1. The molecule has 0 aliphatic carbocycles. The Labute approximate surface area is 110 Å². The first-order valence-corrected chi connectivity index (χ1v) is 4.94. The molecule has 0 radical (unpaired) electrons. The van der Waals surface area contributed by atoms with Gasteiger partial charge in [0.15, 0.2) is 0 Å². The van der Waals surface area contributed by atoms with E-state index in [0.717, 1.165) is 10.9 Å². The summed E-state index contributed by atoms with van der Waals surface area (Å²) >= 11 is 0. The number of carbonyl (C=O) groups is 1. The first-order chi connectivity index (χ1) is 8.09. The lowest BCUT2D eigenvalue weighted by Crippen LogP contribution is -2.23. The second-order valence-electron chi connectivity index (χ2n) is 3.54. The van der Waals surface area contributed by atoms with Crippen LogP contribution in [-0.4, -0.2) is 16.5 Å². The van der Waals surface area contributed by atoms with Crippen LogP contribution < -0.4 is 11.5 Å². The van der Waals surface area contributed by atoms with Gasteiger partial charge in [0, 0.05) is 18.0 Å². The zero-order chi connectivity index (χ0) is 12.4. The zero-order valence-electron chi connectivity index (χ0n) is 9.66. The lowest BCUT2D eigenvalue weighted by Gasteiger charge is -2.00. The van der Waals surface area contributed by atoms with Gasteiger partial charge in [-0.25, -0.2) is 4.79 Å². The highest BCUT2D eigenvalue weighted by atomic mass is 35.5. The van der Waals surface area contributed by atoms with Crippen molar-refractivity contribution >= 4 is 35.2 Å². The number of hydrogen-bond donors (Lipinski definition) is 2. The summed E-state index contributed by atoms with van der Waals surface area (Å²) in [5, 5.41) is 4.17. The summed E-state index contributed by atoms with van der Waals surface area (Å²) in [4.78, 5) is 16.3. The van der Waals surface area contributed by atoms with Crippen molar-refractivity contribution in [1.82, 2.24) is 4.57 Å². The molecule has 0 unspecified atom stereocenters. The van der Waals surface area contributed by atoms with Crippen molar-refractivity contribution in [2.24, 2.45) is 23.7 Å². The van der Waals surface area contributed by atoms with E-state index >= 15 is 0 Å². The Kier molecular flexibility index (Phi) is 4.17. The Morgan fingerprint density at radius 2 is 2.00 bits per heavy atom. The van der Waals surface area contributed by atoms with E-state index in [-0.39, 0.29) is 18.4 Å². The number of para-hydroxylation sites is 1. The van der Waals surface area contributed by atoms with Crippen LogP contribution in [0.2, 0.25) is 0 Å². The van der Waals surface area contributed by atoms with Gasteiger partial charge in [-0.05, 0) is 17.3 Å². The van der Waals surface area contributed by atoms with Crippen LogP contribution in [-0.2, 0) is 11.9 Å². The highest BCUT2D eigenvalue weighted by Crippen LogP contribution is 2.18. The summed E-state index contributed by atoms with van der Waals surface area (Å²) in [6, 6.07) is 9.33. The molecule has 0 atom stereocenters. The molecule has 0 bridgehead atoms. The van der Waals surface area contributed by atoms with Crippen molar-refractivity contribution in [2.75, 3.05) is 0 Å². The Morgan fingerprint density at radius 1 is 1.33 bits per heavy atom. The van der Waals surface area contributed by atoms with Gasteiger partial charge >= 0.3 is 5.97 Å². The Balaban J connectivity index is 0.00000162. The van der Waals surface area contributed by atoms with E-state index in [4.69, 9.17) is 11.5 Å². The summed E-state index contributed by atoms with van der Waals surface area (Å²) in [6.45, 7) is 0. The number of carbonyl (C=O) groups excluding carboxylic acids is 1. The first kappa shape index (κ1) is 13.9. The van der Waals surface area contributed by atoms with Crippen molar-refractivity contribution in [3.8, 4) is 0 Å². The summed E-state index contributed by atoms with van der Waals surface area (Å²) in [5.74, 6) is -0.894. The normalized spacial score (nSPS) is 9.61. The number of halogens is 1. The summed E-state index contributed by atoms with van der Waals surface area (Å²) in [7, 11) is 1.77. The number of fused-ring (bicyclic) bond motifs is 1. The largest absolute Gasteiger partial charge is 0.382 e. The average molecular weight is 269 g/mol. The van der Waals surface area contributed by atoms with E-state index in [2.05, 4.69) is 9.99 Å². The minimum atomic E-state index is -0.600. The predicted molar refractivity (Wildman–Crippen MR) is 71.4 cm³/mol. The van der Waals surface area contributed by atoms with E-state index < -0.39 is 5.97 Å². The summed E-state index contributed by atoms with van der Waals surface area (Å²) in [6.07, 6.45) is 0. The molecule has 1 aromatic carbocycles. The van der Waals surface area contributed by atoms with E-state index in [0.29, 0.717) is 5.69 Å². The van der Waals surface area contributed by atoms with Crippen LogP contribution in [0.5, 0.6) is 0 Å². The van der Waals surface area contributed by atoms with Crippen LogP contribution in [0.3, 0.4) is 0 Å². The molecule has 96 valence electrons. The molecule has 1 heterocycles. The van der Waals surface area contributed by atoms with Crippen molar-refractivity contribution in [1.29, 1.82) is 0 Å². The molecule has 0 aliphatic rings. The number of hydrogen-bond acceptors (Lipinski definition) is 3. The van der Waals surface area contributed by atoms with Gasteiger partial charge in [0.2, 0.25) is 5.96 Å². The number of aryl methyl sites for hydroxylation is 1. The summed E-state index contributed by atoms with van der Waals surface area (Å²) < 4.78 is 1.72. The first-order valence-electron chi connectivity index (χ1n) is 4.94. The van der Waals surface area contributed by atoms with Gasteiger partial charge in [0.25, 0.3) is 0 Å². The maximum atomic E-state index is 11.7. The third-order valence-electron chi connectivity index (χ3n) is 2.39. The number of nitrogens with zero attached hydrogens (tertiary/aromatic N) is 2. The predicted octanol–water partition coefficient (Wildman–Crippen LogP) is 0.945. The maximum absolute atomic E-state index is 11.7. The van der Waals surface area contributed by atoms with Crippen molar-refractivity contribution < 1.29 is 9.63 Å². The fourth-order valence-corrected chi connectivity index (χ4v) is 1.63. The van der Waals surface area contributed by atoms with Crippen LogP contribution in [0.4, 0.5) is 0 Å². The SMILES string of the molecule is Cl.Cn1c(C(=O)ON=C(N)N)cc2ccccc21. The van der Waals surface area contributed by atoms with Gasteiger partial charge in [-0.2, -0.15) is 0 Å². The van der Waals surface area contributed by atoms with Crippen LogP contribution in [0.15, 0.2) is 35.5 Å². The quantitative estimate of drug-likeness (QED) is 0.367. The van der Waals surface area contributed by atoms with E-state index in [1.807, 2.05) is 24.3 Å². The molecule has 0 fully saturated rings. The average Bonchev–Trinajstić information content (AvgIpc) is 2.64. The smallest absolute Gasteiger partial charge is 0.367 e. The van der Waals surface area contributed by atoms with Crippen LogP contribution in [0.25, 0.3) is 10.9 Å². The van der Waals surface area contributed by atoms with Gasteiger partial charge in [-0.1, -0.05) is 18.2 Å². The molecule has 6 nitrogen and oxygen atoms in total. The molecule has 0 amide bonds. The third kappa shape index (κ3) is 2.54. The van der Waals surface area contributed by atoms with Crippen molar-refractivity contribution in [3.63, 3.8) is 0 Å². The minimum Gasteiger partial charge on any atom is -0.367 e. The molecular weight excluding hydrogens is 256 g/mol. The lowest BCUT2D eigenvalue weighted by atomic mass is 10.2. The van der Waals surface area contributed by atoms with Gasteiger partial charge in [0.05, 0.1) is 0 Å². The van der Waals surface area contributed by atoms with E-state index in [9.17, 15) is 4.79 Å². The van der Waals surface area contributed by atoms with Crippen molar-refractivity contribution in [2.45, 2.75) is 0 Å². The maximum Gasteiger partial charge on any atom is 0.382 e. The van der Waals surface area contributed by atoms with Gasteiger partial charge < -0.3 is 20.9 Å². The van der Waals surface area contributed by atoms with Crippen LogP contribution in [0, 0.1) is 0 Å². The van der Waals surface area contributed by atoms with Gasteiger partial charge in [-0.15, -0.1) is 12.4 Å². The molecule has 0 aliphatic heterocycles. The molecule has 7 heteroatoms. The number of rotatable bonds is 2. The molecule has 2 aromatic rings. The van der Waals surface area contributed by atoms with Crippen LogP contribution >= 0.6 is 12.4 Å².